The smallest absolute Gasteiger partial charge is 0.267 e. The molecule has 0 aliphatic carbocycles. The summed E-state index contributed by atoms with van der Waals surface area (Å²) in [6, 6.07) is 8.30. The SMILES string of the molecule is COCC(O)CCNC(=O)c1cc(=O)c2ccccc2[nH]1. The molecule has 0 saturated carbocycles. The molecule has 0 saturated heterocycles. The van der Waals surface area contributed by atoms with Crippen LogP contribution in [-0.4, -0.2) is 42.4 Å². The van der Waals surface area contributed by atoms with Crippen LogP contribution in [0.2, 0.25) is 0 Å². The Morgan fingerprint density at radius 2 is 2.19 bits per heavy atom. The molecule has 112 valence electrons. The zero-order chi connectivity index (χ0) is 15.2. The van der Waals surface area contributed by atoms with Crippen molar-refractivity contribution in [3.63, 3.8) is 0 Å². The van der Waals surface area contributed by atoms with Crippen molar-refractivity contribution in [2.24, 2.45) is 0 Å². The molecule has 0 bridgehead atoms. The predicted molar refractivity (Wildman–Crippen MR) is 79.4 cm³/mol. The van der Waals surface area contributed by atoms with Crippen LogP contribution in [0.15, 0.2) is 35.1 Å². The van der Waals surface area contributed by atoms with Gasteiger partial charge < -0.3 is 20.1 Å². The van der Waals surface area contributed by atoms with Crippen molar-refractivity contribution < 1.29 is 14.6 Å². The van der Waals surface area contributed by atoms with Crippen molar-refractivity contribution in [3.8, 4) is 0 Å². The number of carbonyl (C=O) groups is 1. The molecule has 3 N–H and O–H groups in total. The number of methoxy groups -OCH3 is 1. The topological polar surface area (TPSA) is 91.4 Å². The zero-order valence-electron chi connectivity index (χ0n) is 11.8. The number of benzene rings is 1. The second-order valence-corrected chi connectivity index (χ2v) is 4.75. The Morgan fingerprint density at radius 3 is 2.95 bits per heavy atom. The van der Waals surface area contributed by atoms with Gasteiger partial charge in [-0.15, -0.1) is 0 Å². The number of nitrogens with one attached hydrogen (secondary N) is 2. The monoisotopic (exact) mass is 290 g/mol. The normalized spacial score (nSPS) is 12.3. The summed E-state index contributed by atoms with van der Waals surface area (Å²) in [5.41, 5.74) is 0.628. The van der Waals surface area contributed by atoms with Crippen LogP contribution in [0.5, 0.6) is 0 Å². The van der Waals surface area contributed by atoms with Crippen molar-refractivity contribution >= 4 is 16.8 Å². The Bertz CT molecular complexity index is 681. The van der Waals surface area contributed by atoms with Crippen LogP contribution in [0.4, 0.5) is 0 Å². The van der Waals surface area contributed by atoms with Gasteiger partial charge in [0.2, 0.25) is 0 Å². The highest BCUT2D eigenvalue weighted by Gasteiger charge is 2.10. The van der Waals surface area contributed by atoms with Gasteiger partial charge >= 0.3 is 0 Å². The fourth-order valence-corrected chi connectivity index (χ4v) is 2.04. The van der Waals surface area contributed by atoms with Gasteiger partial charge in [0.25, 0.3) is 5.91 Å². The van der Waals surface area contributed by atoms with E-state index < -0.39 is 6.10 Å². The molecule has 2 rings (SSSR count). The van der Waals surface area contributed by atoms with Gasteiger partial charge in [-0.05, 0) is 18.6 Å². The van der Waals surface area contributed by atoms with Gasteiger partial charge in [0.05, 0.1) is 12.7 Å². The van der Waals surface area contributed by atoms with Crippen LogP contribution in [0.3, 0.4) is 0 Å². The van der Waals surface area contributed by atoms with Gasteiger partial charge in [0, 0.05) is 30.6 Å². The minimum atomic E-state index is -0.619. The van der Waals surface area contributed by atoms with Crippen LogP contribution >= 0.6 is 0 Å². The third kappa shape index (κ3) is 3.90. The summed E-state index contributed by atoms with van der Waals surface area (Å²) in [5.74, 6) is -0.373. The minimum absolute atomic E-state index is 0.200. The van der Waals surface area contributed by atoms with Crippen LogP contribution < -0.4 is 10.7 Å². The molecule has 2 aromatic rings. The van der Waals surface area contributed by atoms with Gasteiger partial charge in [0.15, 0.2) is 5.43 Å². The van der Waals surface area contributed by atoms with Gasteiger partial charge in [-0.1, -0.05) is 12.1 Å². The van der Waals surface area contributed by atoms with Crippen molar-refractivity contribution in [2.75, 3.05) is 20.3 Å². The molecule has 0 aliphatic rings. The van der Waals surface area contributed by atoms with E-state index in [2.05, 4.69) is 10.3 Å². The molecule has 6 nitrogen and oxygen atoms in total. The largest absolute Gasteiger partial charge is 0.391 e. The van der Waals surface area contributed by atoms with Crippen LogP contribution in [0, 0.1) is 0 Å². The molecule has 1 atom stereocenters. The molecule has 1 amide bonds. The average Bonchev–Trinajstić information content (AvgIpc) is 2.47. The highest BCUT2D eigenvalue weighted by molar-refractivity contribution is 5.94. The van der Waals surface area contributed by atoms with E-state index in [0.717, 1.165) is 0 Å². The highest BCUT2D eigenvalue weighted by Crippen LogP contribution is 2.07. The van der Waals surface area contributed by atoms with Gasteiger partial charge in [-0.25, -0.2) is 0 Å². The fourth-order valence-electron chi connectivity index (χ4n) is 2.04. The number of rotatable bonds is 6. The van der Waals surface area contributed by atoms with Gasteiger partial charge in [-0.2, -0.15) is 0 Å². The molecule has 1 aromatic carbocycles. The minimum Gasteiger partial charge on any atom is -0.391 e. The molecule has 0 fully saturated rings. The molecule has 0 spiro atoms. The summed E-state index contributed by atoms with van der Waals surface area (Å²) >= 11 is 0. The third-order valence-corrected chi connectivity index (χ3v) is 3.10. The fraction of sp³-hybridized carbons (Fsp3) is 0.333. The lowest BCUT2D eigenvalue weighted by Crippen LogP contribution is -2.29. The lowest BCUT2D eigenvalue weighted by Gasteiger charge is -2.10. The molecule has 1 unspecified atom stereocenters. The zero-order valence-corrected chi connectivity index (χ0v) is 11.8. The number of H-pyrrole nitrogens is 1. The number of amides is 1. The number of carbonyl (C=O) groups excluding carboxylic acids is 1. The van der Waals surface area contributed by atoms with Gasteiger partial charge in [-0.3, -0.25) is 9.59 Å². The van der Waals surface area contributed by atoms with Crippen molar-refractivity contribution in [3.05, 3.63) is 46.2 Å². The first-order chi connectivity index (χ1) is 10.1. The summed E-state index contributed by atoms with van der Waals surface area (Å²) in [6.45, 7) is 0.529. The number of aliphatic hydroxyl groups excluding tert-OH is 1. The first-order valence-corrected chi connectivity index (χ1v) is 6.69. The van der Waals surface area contributed by atoms with Crippen LogP contribution in [0.25, 0.3) is 10.9 Å². The quantitative estimate of drug-likeness (QED) is 0.728. The number of aliphatic hydroxyl groups is 1. The molecular formula is C15H18N2O4. The standard InChI is InChI=1S/C15H18N2O4/c1-21-9-10(18)6-7-16-15(20)13-8-14(19)11-4-2-3-5-12(11)17-13/h2-5,8,10,18H,6-7,9H2,1H3,(H,16,20)(H,17,19). The van der Waals surface area contributed by atoms with E-state index >= 15 is 0 Å². The number of ether oxygens (including phenoxy) is 1. The Balaban J connectivity index is 2.04. The maximum absolute atomic E-state index is 12.0. The molecular weight excluding hydrogens is 272 g/mol. The number of para-hydroxylation sites is 1. The molecule has 6 heteroatoms. The molecule has 0 radical (unpaired) electrons. The first kappa shape index (κ1) is 15.2. The van der Waals surface area contributed by atoms with E-state index in [4.69, 9.17) is 4.74 Å². The predicted octanol–water partition coefficient (Wildman–Crippen LogP) is 0.655. The number of fused-ring (bicyclic) bond motifs is 1. The number of hydrogen-bond donors (Lipinski definition) is 3. The highest BCUT2D eigenvalue weighted by atomic mass is 16.5. The summed E-state index contributed by atoms with van der Waals surface area (Å²) in [5, 5.41) is 12.7. The Hall–Kier alpha value is -2.18. The Kier molecular flexibility index (Phi) is 5.08. The first-order valence-electron chi connectivity index (χ1n) is 6.69. The van der Waals surface area contributed by atoms with E-state index in [-0.39, 0.29) is 23.6 Å². The lowest BCUT2D eigenvalue weighted by atomic mass is 10.2. The molecule has 0 aliphatic heterocycles. The molecule has 1 aromatic heterocycles. The maximum Gasteiger partial charge on any atom is 0.267 e. The summed E-state index contributed by atoms with van der Waals surface area (Å²) in [6.07, 6.45) is -0.233. The molecule has 1 heterocycles. The third-order valence-electron chi connectivity index (χ3n) is 3.10. The van der Waals surface area contributed by atoms with Gasteiger partial charge in [0.1, 0.15) is 5.69 Å². The second-order valence-electron chi connectivity index (χ2n) is 4.75. The number of pyridine rings is 1. The maximum atomic E-state index is 12.0. The average molecular weight is 290 g/mol. The Morgan fingerprint density at radius 1 is 1.43 bits per heavy atom. The van der Waals surface area contributed by atoms with E-state index in [0.29, 0.717) is 23.9 Å². The van der Waals surface area contributed by atoms with E-state index in [1.807, 2.05) is 0 Å². The number of hydrogen-bond acceptors (Lipinski definition) is 4. The van der Waals surface area contributed by atoms with Crippen molar-refractivity contribution in [1.82, 2.24) is 10.3 Å². The van der Waals surface area contributed by atoms with E-state index in [9.17, 15) is 14.7 Å². The lowest BCUT2D eigenvalue weighted by molar-refractivity contribution is 0.0587. The summed E-state index contributed by atoms with van der Waals surface area (Å²) in [4.78, 5) is 26.8. The molecule has 21 heavy (non-hydrogen) atoms. The van der Waals surface area contributed by atoms with E-state index in [1.165, 1.54) is 13.2 Å². The van der Waals surface area contributed by atoms with E-state index in [1.54, 1.807) is 24.3 Å². The van der Waals surface area contributed by atoms with Crippen molar-refractivity contribution in [2.45, 2.75) is 12.5 Å². The van der Waals surface area contributed by atoms with Crippen LogP contribution in [-0.2, 0) is 4.74 Å². The van der Waals surface area contributed by atoms with Crippen LogP contribution in [0.1, 0.15) is 16.9 Å². The number of aromatic amines is 1. The second kappa shape index (κ2) is 7.01. The Labute approximate surface area is 121 Å². The summed E-state index contributed by atoms with van der Waals surface area (Å²) < 4.78 is 4.80. The van der Waals surface area contributed by atoms with Crippen molar-refractivity contribution in [1.29, 1.82) is 0 Å². The number of aromatic nitrogens is 1. The summed E-state index contributed by atoms with van der Waals surface area (Å²) in [7, 11) is 1.50.